The molecule has 1 aromatic carbocycles. The average Bonchev–Trinajstić information content (AvgIpc) is 2.56. The second-order valence-electron chi connectivity index (χ2n) is 5.81. The van der Waals surface area contributed by atoms with Crippen LogP contribution in [0.15, 0.2) is 30.3 Å². The topological polar surface area (TPSA) is 61.9 Å². The molecule has 132 valence electrons. The minimum Gasteiger partial charge on any atom is -0.497 e. The molecular weight excluding hydrogens is 306 g/mol. The van der Waals surface area contributed by atoms with Crippen LogP contribution in [-0.4, -0.2) is 69.5 Å². The summed E-state index contributed by atoms with van der Waals surface area (Å²) < 4.78 is 5.14. The Morgan fingerprint density at radius 1 is 1.25 bits per heavy atom. The van der Waals surface area contributed by atoms with E-state index in [-0.39, 0.29) is 18.4 Å². The van der Waals surface area contributed by atoms with Gasteiger partial charge in [-0.1, -0.05) is 12.1 Å². The first kappa shape index (κ1) is 19.7. The summed E-state index contributed by atoms with van der Waals surface area (Å²) in [5.74, 6) is 0.357. The molecule has 0 aliphatic carbocycles. The van der Waals surface area contributed by atoms with Gasteiger partial charge < -0.3 is 19.9 Å². The number of rotatable bonds is 9. The smallest absolute Gasteiger partial charge is 0.246 e. The first-order chi connectivity index (χ1) is 11.4. The summed E-state index contributed by atoms with van der Waals surface area (Å²) in [6.07, 6.45) is 4.04. The molecule has 0 aromatic heterocycles. The lowest BCUT2D eigenvalue weighted by Gasteiger charge is -2.15. The SMILES string of the molecule is COc1cccc(/C=C/C(=O)N(C)CC(=O)NCCCN(C)C)c1. The van der Waals surface area contributed by atoms with E-state index in [0.29, 0.717) is 6.54 Å². The van der Waals surface area contributed by atoms with Gasteiger partial charge in [-0.25, -0.2) is 0 Å². The maximum Gasteiger partial charge on any atom is 0.246 e. The molecule has 0 atom stereocenters. The van der Waals surface area contributed by atoms with Crippen LogP contribution in [-0.2, 0) is 9.59 Å². The standard InChI is InChI=1S/C18H27N3O3/c1-20(2)12-6-11-19-17(22)14-21(3)18(23)10-9-15-7-5-8-16(13-15)24-4/h5,7-10,13H,6,11-12,14H2,1-4H3,(H,19,22)/b10-9+. The van der Waals surface area contributed by atoms with E-state index in [1.54, 1.807) is 20.2 Å². The summed E-state index contributed by atoms with van der Waals surface area (Å²) in [5, 5.41) is 2.81. The van der Waals surface area contributed by atoms with Crippen LogP contribution in [0.25, 0.3) is 6.08 Å². The van der Waals surface area contributed by atoms with Crippen LogP contribution in [0.2, 0.25) is 0 Å². The van der Waals surface area contributed by atoms with E-state index >= 15 is 0 Å². The third-order valence-corrected chi connectivity index (χ3v) is 3.37. The van der Waals surface area contributed by atoms with E-state index in [4.69, 9.17) is 4.74 Å². The van der Waals surface area contributed by atoms with Gasteiger partial charge in [-0.05, 0) is 50.8 Å². The number of hydrogen-bond donors (Lipinski definition) is 1. The molecule has 0 aliphatic rings. The maximum absolute atomic E-state index is 12.0. The van der Waals surface area contributed by atoms with Crippen molar-refractivity contribution in [2.75, 3.05) is 47.9 Å². The number of nitrogens with zero attached hydrogens (tertiary/aromatic N) is 2. The quantitative estimate of drug-likeness (QED) is 0.545. The van der Waals surface area contributed by atoms with E-state index in [2.05, 4.69) is 10.2 Å². The summed E-state index contributed by atoms with van der Waals surface area (Å²) in [4.78, 5) is 27.3. The van der Waals surface area contributed by atoms with Gasteiger partial charge in [0.05, 0.1) is 13.7 Å². The Balaban J connectivity index is 2.40. The maximum atomic E-state index is 12.0. The van der Waals surface area contributed by atoms with Gasteiger partial charge in [0, 0.05) is 19.7 Å². The largest absolute Gasteiger partial charge is 0.497 e. The number of carbonyl (C=O) groups excluding carboxylic acids is 2. The average molecular weight is 333 g/mol. The minimum atomic E-state index is -0.221. The number of ether oxygens (including phenoxy) is 1. The number of nitrogens with one attached hydrogen (secondary N) is 1. The Bertz CT molecular complexity index is 570. The summed E-state index contributed by atoms with van der Waals surface area (Å²) >= 11 is 0. The fraction of sp³-hybridized carbons (Fsp3) is 0.444. The van der Waals surface area contributed by atoms with Crippen molar-refractivity contribution in [3.05, 3.63) is 35.9 Å². The van der Waals surface area contributed by atoms with Crippen molar-refractivity contribution in [2.45, 2.75) is 6.42 Å². The molecule has 1 rings (SSSR count). The monoisotopic (exact) mass is 333 g/mol. The summed E-state index contributed by atoms with van der Waals surface area (Å²) in [5.41, 5.74) is 0.865. The molecule has 6 nitrogen and oxygen atoms in total. The van der Waals surface area contributed by atoms with Crippen LogP contribution in [0.5, 0.6) is 5.75 Å². The zero-order valence-electron chi connectivity index (χ0n) is 14.9. The number of carbonyl (C=O) groups is 2. The molecule has 0 radical (unpaired) electrons. The minimum absolute atomic E-state index is 0.0449. The normalized spacial score (nSPS) is 10.9. The van der Waals surface area contributed by atoms with Crippen molar-refractivity contribution in [1.29, 1.82) is 0 Å². The lowest BCUT2D eigenvalue weighted by Crippen LogP contribution is -2.38. The number of likely N-dealkylation sites (N-methyl/N-ethyl adjacent to an activating group) is 1. The number of methoxy groups -OCH3 is 1. The van der Waals surface area contributed by atoms with Crippen molar-refractivity contribution in [2.24, 2.45) is 0 Å². The molecule has 0 fully saturated rings. The molecule has 2 amide bonds. The van der Waals surface area contributed by atoms with E-state index in [0.717, 1.165) is 24.3 Å². The van der Waals surface area contributed by atoms with Gasteiger partial charge in [0.2, 0.25) is 11.8 Å². The molecule has 6 heteroatoms. The Morgan fingerprint density at radius 2 is 2.00 bits per heavy atom. The molecule has 0 aliphatic heterocycles. The van der Waals surface area contributed by atoms with Crippen molar-refractivity contribution >= 4 is 17.9 Å². The highest BCUT2D eigenvalue weighted by molar-refractivity contribution is 5.94. The molecule has 1 aromatic rings. The van der Waals surface area contributed by atoms with Gasteiger partial charge >= 0.3 is 0 Å². The van der Waals surface area contributed by atoms with E-state index < -0.39 is 0 Å². The number of benzene rings is 1. The van der Waals surface area contributed by atoms with Crippen LogP contribution >= 0.6 is 0 Å². The first-order valence-electron chi connectivity index (χ1n) is 7.91. The Morgan fingerprint density at radius 3 is 2.67 bits per heavy atom. The fourth-order valence-corrected chi connectivity index (χ4v) is 2.01. The van der Waals surface area contributed by atoms with Gasteiger partial charge in [0.25, 0.3) is 0 Å². The van der Waals surface area contributed by atoms with Gasteiger partial charge in [0.1, 0.15) is 5.75 Å². The number of hydrogen-bond acceptors (Lipinski definition) is 4. The van der Waals surface area contributed by atoms with Gasteiger partial charge in [-0.15, -0.1) is 0 Å². The zero-order valence-corrected chi connectivity index (χ0v) is 14.9. The lowest BCUT2D eigenvalue weighted by atomic mass is 10.2. The molecule has 0 heterocycles. The molecule has 0 unspecified atom stereocenters. The van der Waals surface area contributed by atoms with Crippen LogP contribution in [0, 0.1) is 0 Å². The Kier molecular flexibility index (Phi) is 8.57. The summed E-state index contributed by atoms with van der Waals surface area (Å²) in [6, 6.07) is 7.41. The summed E-state index contributed by atoms with van der Waals surface area (Å²) in [7, 11) is 7.18. The predicted octanol–water partition coefficient (Wildman–Crippen LogP) is 1.23. The van der Waals surface area contributed by atoms with Gasteiger partial charge in [-0.2, -0.15) is 0 Å². The summed E-state index contributed by atoms with van der Waals surface area (Å²) in [6.45, 7) is 1.57. The highest BCUT2D eigenvalue weighted by Crippen LogP contribution is 2.13. The van der Waals surface area contributed by atoms with Crippen LogP contribution < -0.4 is 10.1 Å². The van der Waals surface area contributed by atoms with Crippen molar-refractivity contribution in [1.82, 2.24) is 15.1 Å². The fourth-order valence-electron chi connectivity index (χ4n) is 2.01. The Labute approximate surface area is 144 Å². The molecule has 0 saturated heterocycles. The molecule has 0 bridgehead atoms. The third-order valence-electron chi connectivity index (χ3n) is 3.37. The van der Waals surface area contributed by atoms with Gasteiger partial charge in [0.15, 0.2) is 0 Å². The van der Waals surface area contributed by atoms with Gasteiger partial charge in [-0.3, -0.25) is 9.59 Å². The second kappa shape index (κ2) is 10.4. The highest BCUT2D eigenvalue weighted by Gasteiger charge is 2.10. The second-order valence-corrected chi connectivity index (χ2v) is 5.81. The third kappa shape index (κ3) is 7.78. The molecule has 0 saturated carbocycles. The van der Waals surface area contributed by atoms with E-state index in [1.165, 1.54) is 11.0 Å². The predicted molar refractivity (Wildman–Crippen MR) is 95.8 cm³/mol. The van der Waals surface area contributed by atoms with Crippen molar-refractivity contribution in [3.8, 4) is 5.75 Å². The van der Waals surface area contributed by atoms with Crippen LogP contribution in [0.3, 0.4) is 0 Å². The van der Waals surface area contributed by atoms with Crippen molar-refractivity contribution in [3.63, 3.8) is 0 Å². The first-order valence-corrected chi connectivity index (χ1v) is 7.91. The molecule has 1 N–H and O–H groups in total. The van der Waals surface area contributed by atoms with E-state index in [1.807, 2.05) is 38.4 Å². The molecular formula is C18H27N3O3. The molecule has 0 spiro atoms. The van der Waals surface area contributed by atoms with Crippen molar-refractivity contribution < 1.29 is 14.3 Å². The highest BCUT2D eigenvalue weighted by atomic mass is 16.5. The van der Waals surface area contributed by atoms with Crippen LogP contribution in [0.1, 0.15) is 12.0 Å². The number of amides is 2. The Hall–Kier alpha value is -2.34. The van der Waals surface area contributed by atoms with E-state index in [9.17, 15) is 9.59 Å². The lowest BCUT2D eigenvalue weighted by molar-refractivity contribution is -0.131. The van der Waals surface area contributed by atoms with Crippen LogP contribution in [0.4, 0.5) is 0 Å². The molecule has 24 heavy (non-hydrogen) atoms. The zero-order chi connectivity index (χ0) is 17.9.